The molecule has 25 heavy (non-hydrogen) atoms. The summed E-state index contributed by atoms with van der Waals surface area (Å²) in [4.78, 5) is 37.2. The smallest absolute Gasteiger partial charge is 0.340 e. The fourth-order valence-electron chi connectivity index (χ4n) is 2.74. The monoisotopic (exact) mass is 344 g/mol. The van der Waals surface area contributed by atoms with E-state index in [1.54, 1.807) is 19.1 Å². The highest BCUT2D eigenvalue weighted by Crippen LogP contribution is 2.33. The molecule has 0 aliphatic carbocycles. The average Bonchev–Trinajstić information content (AvgIpc) is 2.78. The number of ether oxygens (including phenoxy) is 1. The molecule has 0 unspecified atom stereocenters. The minimum atomic E-state index is -0.637. The molecule has 0 bridgehead atoms. The van der Waals surface area contributed by atoms with Gasteiger partial charge in [0.1, 0.15) is 0 Å². The summed E-state index contributed by atoms with van der Waals surface area (Å²) < 4.78 is 4.80. The van der Waals surface area contributed by atoms with Crippen molar-refractivity contribution in [2.45, 2.75) is 20.8 Å². The van der Waals surface area contributed by atoms with Gasteiger partial charge in [0.25, 0.3) is 11.6 Å². The third kappa shape index (κ3) is 3.60. The Kier molecular flexibility index (Phi) is 5.36. The molecule has 0 saturated heterocycles. The van der Waals surface area contributed by atoms with E-state index >= 15 is 0 Å². The third-order valence-corrected chi connectivity index (χ3v) is 3.88. The van der Waals surface area contributed by atoms with Crippen LogP contribution in [0.2, 0.25) is 0 Å². The number of rotatable bonds is 5. The summed E-state index contributed by atoms with van der Waals surface area (Å²) in [7, 11) is 1.24. The van der Waals surface area contributed by atoms with Gasteiger partial charge in [-0.15, -0.1) is 0 Å². The number of esters is 1. The summed E-state index contributed by atoms with van der Waals surface area (Å²) in [5.41, 5.74) is 0.879. The van der Waals surface area contributed by atoms with E-state index in [1.807, 2.05) is 13.8 Å². The van der Waals surface area contributed by atoms with Crippen molar-refractivity contribution in [3.05, 3.63) is 56.8 Å². The van der Waals surface area contributed by atoms with Crippen LogP contribution in [-0.4, -0.2) is 35.4 Å². The van der Waals surface area contributed by atoms with Crippen molar-refractivity contribution in [1.82, 2.24) is 4.90 Å². The Morgan fingerprint density at radius 2 is 2.00 bits per heavy atom. The molecule has 0 N–H and O–H groups in total. The van der Waals surface area contributed by atoms with Crippen molar-refractivity contribution < 1.29 is 19.2 Å². The number of hydrogen-bond donors (Lipinski definition) is 0. The maximum absolute atomic E-state index is 12.8. The molecular formula is C18H20N2O5. The van der Waals surface area contributed by atoms with Crippen LogP contribution in [0.15, 0.2) is 41.1 Å². The molecule has 0 aromatic heterocycles. The van der Waals surface area contributed by atoms with Crippen LogP contribution in [-0.2, 0) is 14.3 Å². The SMILES string of the molecule is COC(=O)C1=C(C)N(CC(C)C)C(=O)C1=Cc1ccccc1[N+](=O)[O-]. The summed E-state index contributed by atoms with van der Waals surface area (Å²) in [5, 5.41) is 11.2. The number of hydrogen-bond acceptors (Lipinski definition) is 5. The van der Waals surface area contributed by atoms with E-state index in [9.17, 15) is 19.7 Å². The highest BCUT2D eigenvalue weighted by atomic mass is 16.6. The van der Waals surface area contributed by atoms with Crippen LogP contribution in [0.5, 0.6) is 0 Å². The van der Waals surface area contributed by atoms with Crippen molar-refractivity contribution in [3.8, 4) is 0 Å². The van der Waals surface area contributed by atoms with Gasteiger partial charge >= 0.3 is 5.97 Å². The second kappa shape index (κ2) is 7.29. The van der Waals surface area contributed by atoms with Crippen LogP contribution in [0.1, 0.15) is 26.3 Å². The zero-order valence-electron chi connectivity index (χ0n) is 14.6. The second-order valence-electron chi connectivity index (χ2n) is 6.14. The Labute approximate surface area is 145 Å². The number of nitro benzene ring substituents is 1. The van der Waals surface area contributed by atoms with Gasteiger partial charge in [-0.05, 0) is 25.0 Å². The van der Waals surface area contributed by atoms with Crippen LogP contribution in [0.25, 0.3) is 6.08 Å². The number of benzene rings is 1. The number of allylic oxidation sites excluding steroid dienone is 1. The molecule has 2 rings (SSSR count). The zero-order valence-corrected chi connectivity index (χ0v) is 14.6. The molecule has 1 aromatic rings. The van der Waals surface area contributed by atoms with Gasteiger partial charge < -0.3 is 9.64 Å². The Hall–Kier alpha value is -2.96. The fraction of sp³-hybridized carbons (Fsp3) is 0.333. The first-order chi connectivity index (χ1) is 11.8. The molecule has 1 aliphatic heterocycles. The fourth-order valence-corrected chi connectivity index (χ4v) is 2.74. The lowest BCUT2D eigenvalue weighted by Crippen LogP contribution is -2.28. The van der Waals surface area contributed by atoms with Gasteiger partial charge in [0.05, 0.1) is 28.7 Å². The van der Waals surface area contributed by atoms with Gasteiger partial charge in [-0.1, -0.05) is 26.0 Å². The predicted octanol–water partition coefficient (Wildman–Crippen LogP) is 2.92. The lowest BCUT2D eigenvalue weighted by molar-refractivity contribution is -0.385. The van der Waals surface area contributed by atoms with E-state index < -0.39 is 10.9 Å². The molecule has 1 amide bonds. The Bertz CT molecular complexity index is 792. The topological polar surface area (TPSA) is 89.8 Å². The zero-order chi connectivity index (χ0) is 18.7. The van der Waals surface area contributed by atoms with Crippen LogP contribution in [0.4, 0.5) is 5.69 Å². The van der Waals surface area contributed by atoms with Gasteiger partial charge in [-0.3, -0.25) is 14.9 Å². The summed E-state index contributed by atoms with van der Waals surface area (Å²) in [6.45, 7) is 6.04. The lowest BCUT2D eigenvalue weighted by atomic mass is 10.0. The second-order valence-corrected chi connectivity index (χ2v) is 6.14. The summed E-state index contributed by atoms with van der Waals surface area (Å²) >= 11 is 0. The number of methoxy groups -OCH3 is 1. The molecule has 7 heteroatoms. The highest BCUT2D eigenvalue weighted by Gasteiger charge is 2.37. The molecule has 0 radical (unpaired) electrons. The van der Waals surface area contributed by atoms with E-state index in [1.165, 1.54) is 30.2 Å². The standard InChI is InChI=1S/C18H20N2O5/c1-11(2)10-19-12(3)16(18(22)25-4)14(17(19)21)9-13-7-5-6-8-15(13)20(23)24/h5-9,11H,10H2,1-4H3. The number of nitrogens with zero attached hydrogens (tertiary/aromatic N) is 2. The van der Waals surface area contributed by atoms with Crippen LogP contribution >= 0.6 is 0 Å². The van der Waals surface area contributed by atoms with Crippen LogP contribution in [0.3, 0.4) is 0 Å². The first kappa shape index (κ1) is 18.4. The maximum atomic E-state index is 12.8. The number of para-hydroxylation sites is 1. The number of amides is 1. The van der Waals surface area contributed by atoms with Gasteiger partial charge in [0.15, 0.2) is 0 Å². The minimum absolute atomic E-state index is 0.110. The molecular weight excluding hydrogens is 324 g/mol. The normalized spacial score (nSPS) is 16.1. The number of carbonyl (C=O) groups excluding carboxylic acids is 2. The van der Waals surface area contributed by atoms with Gasteiger partial charge in [0, 0.05) is 18.3 Å². The maximum Gasteiger partial charge on any atom is 0.340 e. The quantitative estimate of drug-likeness (QED) is 0.354. The molecule has 0 atom stereocenters. The van der Waals surface area contributed by atoms with Gasteiger partial charge in [-0.25, -0.2) is 4.79 Å². The first-order valence-corrected chi connectivity index (χ1v) is 7.84. The van der Waals surface area contributed by atoms with Gasteiger partial charge in [0.2, 0.25) is 0 Å². The van der Waals surface area contributed by atoms with Crippen LogP contribution < -0.4 is 0 Å². The highest BCUT2D eigenvalue weighted by molar-refractivity contribution is 6.16. The molecule has 7 nitrogen and oxygen atoms in total. The van der Waals surface area contributed by atoms with Crippen LogP contribution in [0, 0.1) is 16.0 Å². The van der Waals surface area contributed by atoms with Crippen molar-refractivity contribution in [1.29, 1.82) is 0 Å². The Morgan fingerprint density at radius 1 is 1.36 bits per heavy atom. The molecule has 0 saturated carbocycles. The van der Waals surface area contributed by atoms with E-state index in [0.717, 1.165) is 0 Å². The summed E-state index contributed by atoms with van der Waals surface area (Å²) in [5.74, 6) is -0.796. The summed E-state index contributed by atoms with van der Waals surface area (Å²) in [6.07, 6.45) is 1.39. The van der Waals surface area contributed by atoms with Crippen molar-refractivity contribution in [2.24, 2.45) is 5.92 Å². The van der Waals surface area contributed by atoms with E-state index in [0.29, 0.717) is 12.2 Å². The minimum Gasteiger partial charge on any atom is -0.465 e. The average molecular weight is 344 g/mol. The number of carbonyl (C=O) groups is 2. The third-order valence-electron chi connectivity index (χ3n) is 3.88. The first-order valence-electron chi connectivity index (χ1n) is 7.84. The van der Waals surface area contributed by atoms with Crippen molar-refractivity contribution in [2.75, 3.05) is 13.7 Å². The Morgan fingerprint density at radius 3 is 2.56 bits per heavy atom. The lowest BCUT2D eigenvalue weighted by Gasteiger charge is -2.19. The largest absolute Gasteiger partial charge is 0.465 e. The van der Waals surface area contributed by atoms with E-state index in [2.05, 4.69) is 0 Å². The Balaban J connectivity index is 2.60. The molecule has 1 heterocycles. The van der Waals surface area contributed by atoms with Crippen molar-refractivity contribution >= 4 is 23.6 Å². The number of nitro groups is 1. The molecule has 1 aromatic carbocycles. The van der Waals surface area contributed by atoms with Crippen molar-refractivity contribution in [3.63, 3.8) is 0 Å². The van der Waals surface area contributed by atoms with E-state index in [4.69, 9.17) is 4.74 Å². The molecule has 1 aliphatic rings. The molecule has 132 valence electrons. The predicted molar refractivity (Wildman–Crippen MR) is 92.3 cm³/mol. The summed E-state index contributed by atoms with van der Waals surface area (Å²) in [6, 6.07) is 6.07. The molecule has 0 fully saturated rings. The van der Waals surface area contributed by atoms with E-state index in [-0.39, 0.29) is 34.2 Å². The molecule has 0 spiro atoms. The van der Waals surface area contributed by atoms with Gasteiger partial charge in [-0.2, -0.15) is 0 Å².